The van der Waals surface area contributed by atoms with Gasteiger partial charge in [0.05, 0.1) is 5.52 Å². The lowest BCUT2D eigenvalue weighted by Crippen LogP contribution is -2.52. The topological polar surface area (TPSA) is 92.7 Å². The summed E-state index contributed by atoms with van der Waals surface area (Å²) in [6.07, 6.45) is 0.409. The molecule has 1 saturated heterocycles. The minimum absolute atomic E-state index is 0.162. The molecule has 1 saturated carbocycles. The average molecular weight is 406 g/mol. The number of rotatable bonds is 4. The summed E-state index contributed by atoms with van der Waals surface area (Å²) in [5, 5.41) is 29.4. The number of aliphatic hydroxyl groups is 2. The number of benzene rings is 2. The lowest BCUT2D eigenvalue weighted by Gasteiger charge is -2.38. The molecule has 7 nitrogen and oxygen atoms in total. The molecule has 5 rings (SSSR count). The van der Waals surface area contributed by atoms with E-state index >= 15 is 0 Å². The number of aromatic amines is 1. The molecule has 3 N–H and O–H groups in total. The first-order valence-electron chi connectivity index (χ1n) is 10.4. The van der Waals surface area contributed by atoms with Gasteiger partial charge < -0.3 is 15.1 Å². The van der Waals surface area contributed by atoms with Crippen LogP contribution in [0.3, 0.4) is 0 Å². The van der Waals surface area contributed by atoms with Gasteiger partial charge in [0.15, 0.2) is 0 Å². The fourth-order valence-electron chi connectivity index (χ4n) is 4.31. The number of nitrogens with one attached hydrogen (secondary N) is 1. The molecule has 1 aromatic heterocycles. The van der Waals surface area contributed by atoms with Crippen molar-refractivity contribution in [2.24, 2.45) is 0 Å². The molecule has 1 amide bonds. The van der Waals surface area contributed by atoms with Crippen LogP contribution in [0, 0.1) is 6.92 Å². The van der Waals surface area contributed by atoms with Crippen LogP contribution in [-0.4, -0.2) is 67.9 Å². The number of carbonyl (C=O) groups excluding carboxylic acids is 1. The monoisotopic (exact) mass is 406 g/mol. The second-order valence-electron chi connectivity index (χ2n) is 8.40. The zero-order chi connectivity index (χ0) is 20.9. The highest BCUT2D eigenvalue weighted by Crippen LogP contribution is 2.37. The van der Waals surface area contributed by atoms with Crippen LogP contribution in [0.5, 0.6) is 0 Å². The van der Waals surface area contributed by atoms with Crippen molar-refractivity contribution in [1.29, 1.82) is 0 Å². The Kier molecular flexibility index (Phi) is 4.61. The SMILES string of the molecule is Cc1[nH]nc2cccc(-c3ccc(C(O)N4CCN(C(=O)C5(O)CC5)CC4)cc3)c12. The number of fused-ring (bicyclic) bond motifs is 1. The normalized spacial score (nSPS) is 19.8. The number of aliphatic hydroxyl groups excluding tert-OH is 1. The summed E-state index contributed by atoms with van der Waals surface area (Å²) >= 11 is 0. The van der Waals surface area contributed by atoms with Crippen LogP contribution in [0.4, 0.5) is 0 Å². The molecule has 0 bridgehead atoms. The predicted octanol–water partition coefficient (Wildman–Crippen LogP) is 2.20. The van der Waals surface area contributed by atoms with E-state index in [1.165, 1.54) is 0 Å². The summed E-state index contributed by atoms with van der Waals surface area (Å²) in [6, 6.07) is 14.0. The molecule has 1 aliphatic carbocycles. The highest BCUT2D eigenvalue weighted by molar-refractivity contribution is 5.96. The Labute approximate surface area is 174 Å². The van der Waals surface area contributed by atoms with E-state index in [-0.39, 0.29) is 5.91 Å². The Morgan fingerprint density at radius 1 is 1.10 bits per heavy atom. The largest absolute Gasteiger partial charge is 0.380 e. The number of piperazine rings is 1. The number of nitrogens with zero attached hydrogens (tertiary/aromatic N) is 3. The second kappa shape index (κ2) is 7.19. The maximum absolute atomic E-state index is 12.3. The summed E-state index contributed by atoms with van der Waals surface area (Å²) in [4.78, 5) is 16.0. The van der Waals surface area contributed by atoms with Crippen molar-refractivity contribution in [2.45, 2.75) is 31.6 Å². The van der Waals surface area contributed by atoms with Crippen LogP contribution in [0.1, 0.15) is 30.3 Å². The maximum Gasteiger partial charge on any atom is 0.254 e. The zero-order valence-electron chi connectivity index (χ0n) is 17.0. The number of H-pyrrole nitrogens is 1. The third-order valence-electron chi connectivity index (χ3n) is 6.35. The van der Waals surface area contributed by atoms with Crippen molar-refractivity contribution in [2.75, 3.05) is 26.2 Å². The highest BCUT2D eigenvalue weighted by Gasteiger charge is 2.50. The van der Waals surface area contributed by atoms with E-state index in [4.69, 9.17) is 0 Å². The smallest absolute Gasteiger partial charge is 0.254 e. The van der Waals surface area contributed by atoms with Gasteiger partial charge in [0.2, 0.25) is 0 Å². The second-order valence-corrected chi connectivity index (χ2v) is 8.40. The van der Waals surface area contributed by atoms with Crippen LogP contribution in [0.15, 0.2) is 42.5 Å². The van der Waals surface area contributed by atoms with Gasteiger partial charge >= 0.3 is 0 Å². The van der Waals surface area contributed by atoms with Crippen molar-refractivity contribution >= 4 is 16.8 Å². The maximum atomic E-state index is 12.3. The van der Waals surface area contributed by atoms with Gasteiger partial charge in [0, 0.05) is 37.3 Å². The third kappa shape index (κ3) is 3.29. The molecule has 30 heavy (non-hydrogen) atoms. The van der Waals surface area contributed by atoms with E-state index < -0.39 is 11.8 Å². The van der Waals surface area contributed by atoms with Gasteiger partial charge in [-0.1, -0.05) is 36.4 Å². The molecular weight excluding hydrogens is 380 g/mol. The van der Waals surface area contributed by atoms with E-state index in [1.54, 1.807) is 4.90 Å². The highest BCUT2D eigenvalue weighted by atomic mass is 16.3. The summed E-state index contributed by atoms with van der Waals surface area (Å²) < 4.78 is 0. The number of aromatic nitrogens is 2. The Morgan fingerprint density at radius 2 is 1.80 bits per heavy atom. The lowest BCUT2D eigenvalue weighted by atomic mass is 9.99. The molecule has 2 fully saturated rings. The fourth-order valence-corrected chi connectivity index (χ4v) is 4.31. The van der Waals surface area contributed by atoms with Crippen molar-refractivity contribution in [1.82, 2.24) is 20.0 Å². The predicted molar refractivity (Wildman–Crippen MR) is 114 cm³/mol. The molecule has 2 heterocycles. The quantitative estimate of drug-likeness (QED) is 0.618. The Hall–Kier alpha value is -2.74. The Bertz CT molecular complexity index is 1080. The lowest BCUT2D eigenvalue weighted by molar-refractivity contribution is -0.146. The zero-order valence-corrected chi connectivity index (χ0v) is 17.0. The van der Waals surface area contributed by atoms with Gasteiger partial charge in [-0.25, -0.2) is 0 Å². The van der Waals surface area contributed by atoms with Gasteiger partial charge in [-0.2, -0.15) is 5.10 Å². The van der Waals surface area contributed by atoms with Gasteiger partial charge in [-0.15, -0.1) is 0 Å². The summed E-state index contributed by atoms with van der Waals surface area (Å²) in [7, 11) is 0. The molecule has 2 aromatic carbocycles. The molecule has 0 radical (unpaired) electrons. The molecule has 3 aromatic rings. The van der Waals surface area contributed by atoms with Crippen LogP contribution in [0.25, 0.3) is 22.0 Å². The number of hydrogen-bond donors (Lipinski definition) is 3. The van der Waals surface area contributed by atoms with Crippen molar-refractivity contribution in [3.05, 3.63) is 53.7 Å². The molecule has 0 spiro atoms. The van der Waals surface area contributed by atoms with E-state index in [0.29, 0.717) is 39.0 Å². The van der Waals surface area contributed by atoms with Crippen LogP contribution in [0.2, 0.25) is 0 Å². The van der Waals surface area contributed by atoms with E-state index in [2.05, 4.69) is 16.3 Å². The van der Waals surface area contributed by atoms with Gasteiger partial charge in [0.25, 0.3) is 5.91 Å². The van der Waals surface area contributed by atoms with E-state index in [1.807, 2.05) is 48.2 Å². The van der Waals surface area contributed by atoms with E-state index in [0.717, 1.165) is 33.3 Å². The van der Waals surface area contributed by atoms with Crippen molar-refractivity contribution in [3.8, 4) is 11.1 Å². The van der Waals surface area contributed by atoms with E-state index in [9.17, 15) is 15.0 Å². The number of aryl methyl sites for hydroxylation is 1. The molecule has 2 aliphatic rings. The summed E-state index contributed by atoms with van der Waals surface area (Å²) in [5.74, 6) is -0.162. The van der Waals surface area contributed by atoms with Gasteiger partial charge in [-0.3, -0.25) is 14.8 Å². The molecular formula is C23H26N4O3. The Balaban J connectivity index is 1.29. The van der Waals surface area contributed by atoms with Crippen LogP contribution >= 0.6 is 0 Å². The van der Waals surface area contributed by atoms with Crippen molar-refractivity contribution in [3.63, 3.8) is 0 Å². The third-order valence-corrected chi connectivity index (χ3v) is 6.35. The summed E-state index contributed by atoms with van der Waals surface area (Å²) in [6.45, 7) is 4.23. The first-order chi connectivity index (χ1) is 14.5. The fraction of sp³-hybridized carbons (Fsp3) is 0.391. The summed E-state index contributed by atoms with van der Waals surface area (Å²) in [5.41, 5.74) is 3.88. The average Bonchev–Trinajstić information content (AvgIpc) is 3.43. The Morgan fingerprint density at radius 3 is 2.47 bits per heavy atom. The van der Waals surface area contributed by atoms with Gasteiger partial charge in [-0.05, 0) is 42.5 Å². The molecule has 1 aliphatic heterocycles. The first kappa shape index (κ1) is 19.2. The van der Waals surface area contributed by atoms with Crippen LogP contribution in [-0.2, 0) is 4.79 Å². The molecule has 7 heteroatoms. The minimum Gasteiger partial charge on any atom is -0.380 e. The number of hydrogen-bond acceptors (Lipinski definition) is 5. The van der Waals surface area contributed by atoms with Crippen LogP contribution < -0.4 is 0 Å². The molecule has 156 valence electrons. The number of carbonyl (C=O) groups is 1. The first-order valence-corrected chi connectivity index (χ1v) is 10.4. The number of amides is 1. The molecule has 1 atom stereocenters. The van der Waals surface area contributed by atoms with Gasteiger partial charge in [0.1, 0.15) is 11.8 Å². The van der Waals surface area contributed by atoms with Crippen molar-refractivity contribution < 1.29 is 15.0 Å². The minimum atomic E-state index is -1.12. The standard InChI is InChI=1S/C23H26N4O3/c1-15-20-18(3-2-4-19(20)25-24-15)16-5-7-17(8-6-16)21(28)26-11-13-27(14-12-26)22(29)23(30)9-10-23/h2-8,21,28,30H,9-14H2,1H3,(H,24,25). The molecule has 1 unspecified atom stereocenters.